The monoisotopic (exact) mass is 324 g/mol. The summed E-state index contributed by atoms with van der Waals surface area (Å²) in [5.74, 6) is 0. The Bertz CT molecular complexity index is 416. The molecule has 0 aliphatic carbocycles. The Labute approximate surface area is 96.1 Å². The Kier molecular flexibility index (Phi) is 3.82. The molecule has 0 fully saturated rings. The molecular weight excluding hydrogens is 320 g/mol. The number of nitrogens with zero attached hydrogens (tertiary/aromatic N) is 2. The second-order valence-electron chi connectivity index (χ2n) is 2.50. The molecule has 0 atom stereocenters. The van der Waals surface area contributed by atoms with Gasteiger partial charge in [-0.15, -0.1) is 0 Å². The van der Waals surface area contributed by atoms with Crippen LogP contribution in [0.1, 0.15) is 0 Å². The zero-order valence-corrected chi connectivity index (χ0v) is 10.1. The van der Waals surface area contributed by atoms with Gasteiger partial charge < -0.3 is 4.57 Å². The molecule has 0 saturated heterocycles. The van der Waals surface area contributed by atoms with Gasteiger partial charge >= 0.3 is 5.69 Å². The fraction of sp³-hybridized carbons (Fsp3) is 0.286. The first kappa shape index (κ1) is 11.4. The number of pyridine rings is 1. The summed E-state index contributed by atoms with van der Waals surface area (Å²) in [6.07, 6.45) is 2.75. The Morgan fingerprint density at radius 2 is 2.14 bits per heavy atom. The van der Waals surface area contributed by atoms with Crippen LogP contribution in [0.2, 0.25) is 0 Å². The van der Waals surface area contributed by atoms with Gasteiger partial charge in [-0.3, -0.25) is 14.9 Å². The van der Waals surface area contributed by atoms with Gasteiger partial charge in [0, 0.05) is 18.1 Å². The third kappa shape index (κ3) is 2.42. The van der Waals surface area contributed by atoms with Crippen LogP contribution in [0.15, 0.2) is 21.7 Å². The smallest absolute Gasteiger partial charge is 0.333 e. The van der Waals surface area contributed by atoms with Gasteiger partial charge in [0.25, 0.3) is 5.43 Å². The van der Waals surface area contributed by atoms with Crippen molar-refractivity contribution in [2.75, 3.05) is 5.33 Å². The number of hydrogen-bond acceptors (Lipinski definition) is 3. The minimum Gasteiger partial charge on any atom is -0.346 e. The molecular formula is C7H6Br2N2O3. The lowest BCUT2D eigenvalue weighted by Crippen LogP contribution is -2.13. The number of rotatable bonds is 3. The molecule has 76 valence electrons. The second-order valence-corrected chi connectivity index (χ2v) is 4.15. The number of alkyl halides is 1. The average molecular weight is 326 g/mol. The summed E-state index contributed by atoms with van der Waals surface area (Å²) in [4.78, 5) is 21.1. The van der Waals surface area contributed by atoms with Crippen LogP contribution in [0.4, 0.5) is 5.69 Å². The molecule has 0 bridgehead atoms. The van der Waals surface area contributed by atoms with Crippen LogP contribution in [0.25, 0.3) is 0 Å². The van der Waals surface area contributed by atoms with Gasteiger partial charge in [0.2, 0.25) is 0 Å². The molecule has 1 rings (SSSR count). The van der Waals surface area contributed by atoms with Crippen molar-refractivity contribution >= 4 is 37.5 Å². The average Bonchev–Trinajstić information content (AvgIpc) is 2.11. The van der Waals surface area contributed by atoms with E-state index in [2.05, 4.69) is 31.9 Å². The Morgan fingerprint density at radius 1 is 1.50 bits per heavy atom. The topological polar surface area (TPSA) is 65.1 Å². The van der Waals surface area contributed by atoms with E-state index >= 15 is 0 Å². The molecule has 5 nitrogen and oxygen atoms in total. The van der Waals surface area contributed by atoms with E-state index in [0.29, 0.717) is 11.9 Å². The van der Waals surface area contributed by atoms with Crippen molar-refractivity contribution in [3.05, 3.63) is 37.2 Å². The van der Waals surface area contributed by atoms with E-state index in [0.717, 1.165) is 0 Å². The van der Waals surface area contributed by atoms with Crippen LogP contribution in [0.5, 0.6) is 0 Å². The minimum absolute atomic E-state index is 0.202. The van der Waals surface area contributed by atoms with Crippen LogP contribution in [0.3, 0.4) is 0 Å². The van der Waals surface area contributed by atoms with Crippen molar-refractivity contribution in [3.8, 4) is 0 Å². The molecule has 1 heterocycles. The summed E-state index contributed by atoms with van der Waals surface area (Å²) in [5.41, 5.74) is -1.01. The SMILES string of the molecule is O=c1c(Br)cn(CCBr)cc1[N+](=O)[O-]. The molecule has 1 aromatic rings. The van der Waals surface area contributed by atoms with Gasteiger partial charge in [-0.1, -0.05) is 15.9 Å². The predicted octanol–water partition coefficient (Wildman–Crippen LogP) is 1.91. The Hall–Kier alpha value is -0.690. The molecule has 0 aliphatic rings. The number of aromatic nitrogens is 1. The van der Waals surface area contributed by atoms with Crippen molar-refractivity contribution < 1.29 is 4.92 Å². The van der Waals surface area contributed by atoms with E-state index in [4.69, 9.17) is 0 Å². The first-order valence-corrected chi connectivity index (χ1v) is 5.57. The van der Waals surface area contributed by atoms with E-state index in [9.17, 15) is 14.9 Å². The number of halogens is 2. The lowest BCUT2D eigenvalue weighted by Gasteiger charge is -2.03. The van der Waals surface area contributed by atoms with Gasteiger partial charge in [0.05, 0.1) is 15.6 Å². The molecule has 14 heavy (non-hydrogen) atoms. The number of aryl methyl sites for hydroxylation is 1. The zero-order valence-electron chi connectivity index (χ0n) is 6.94. The van der Waals surface area contributed by atoms with Gasteiger partial charge in [-0.25, -0.2) is 0 Å². The van der Waals surface area contributed by atoms with E-state index < -0.39 is 16.0 Å². The minimum atomic E-state index is -0.683. The molecule has 1 aromatic heterocycles. The largest absolute Gasteiger partial charge is 0.346 e. The summed E-state index contributed by atoms with van der Waals surface area (Å²) in [6, 6.07) is 0. The van der Waals surface area contributed by atoms with Crippen LogP contribution in [-0.2, 0) is 6.54 Å². The van der Waals surface area contributed by atoms with Crippen LogP contribution >= 0.6 is 31.9 Å². The fourth-order valence-electron chi connectivity index (χ4n) is 0.936. The molecule has 0 aromatic carbocycles. The first-order valence-electron chi connectivity index (χ1n) is 3.66. The van der Waals surface area contributed by atoms with Crippen molar-refractivity contribution in [1.29, 1.82) is 0 Å². The van der Waals surface area contributed by atoms with Gasteiger partial charge in [-0.05, 0) is 15.9 Å². The highest BCUT2D eigenvalue weighted by molar-refractivity contribution is 9.10. The third-order valence-corrected chi connectivity index (χ3v) is 2.48. The quantitative estimate of drug-likeness (QED) is 0.484. The normalized spacial score (nSPS) is 10.1. The van der Waals surface area contributed by atoms with E-state index in [-0.39, 0.29) is 4.47 Å². The first-order chi connectivity index (χ1) is 6.56. The van der Waals surface area contributed by atoms with E-state index in [1.807, 2.05) is 0 Å². The standard InChI is InChI=1S/C7H6Br2N2O3/c8-1-2-10-3-5(9)7(12)6(4-10)11(13)14/h3-4H,1-2H2. The highest BCUT2D eigenvalue weighted by Crippen LogP contribution is 2.10. The Balaban J connectivity index is 3.28. The lowest BCUT2D eigenvalue weighted by atomic mass is 10.4. The van der Waals surface area contributed by atoms with Crippen molar-refractivity contribution in [2.24, 2.45) is 0 Å². The maximum Gasteiger partial charge on any atom is 0.333 e. The van der Waals surface area contributed by atoms with Crippen molar-refractivity contribution in [2.45, 2.75) is 6.54 Å². The molecule has 0 saturated carbocycles. The summed E-state index contributed by atoms with van der Waals surface area (Å²) in [7, 11) is 0. The molecule has 0 aliphatic heterocycles. The summed E-state index contributed by atoms with van der Waals surface area (Å²) in [5, 5.41) is 11.2. The van der Waals surface area contributed by atoms with Crippen LogP contribution in [0, 0.1) is 10.1 Å². The van der Waals surface area contributed by atoms with Crippen molar-refractivity contribution in [1.82, 2.24) is 4.57 Å². The number of hydrogen-bond donors (Lipinski definition) is 0. The molecule has 7 heteroatoms. The summed E-state index contributed by atoms with van der Waals surface area (Å²) < 4.78 is 1.78. The maximum atomic E-state index is 11.3. The summed E-state index contributed by atoms with van der Waals surface area (Å²) in [6.45, 7) is 0.569. The van der Waals surface area contributed by atoms with E-state index in [1.54, 1.807) is 4.57 Å². The van der Waals surface area contributed by atoms with Gasteiger partial charge in [-0.2, -0.15) is 0 Å². The third-order valence-electron chi connectivity index (χ3n) is 1.56. The molecule has 0 amide bonds. The van der Waals surface area contributed by atoms with E-state index in [1.165, 1.54) is 12.4 Å². The second kappa shape index (κ2) is 4.70. The van der Waals surface area contributed by atoms with Crippen molar-refractivity contribution in [3.63, 3.8) is 0 Å². The van der Waals surface area contributed by atoms with Gasteiger partial charge in [0.1, 0.15) is 0 Å². The number of nitro groups is 1. The molecule has 0 N–H and O–H groups in total. The van der Waals surface area contributed by atoms with Crippen LogP contribution < -0.4 is 5.43 Å². The molecule has 0 unspecified atom stereocenters. The Morgan fingerprint density at radius 3 is 2.64 bits per heavy atom. The highest BCUT2D eigenvalue weighted by atomic mass is 79.9. The molecule has 0 radical (unpaired) electrons. The maximum absolute atomic E-state index is 11.3. The van der Waals surface area contributed by atoms with Gasteiger partial charge in [0.15, 0.2) is 0 Å². The van der Waals surface area contributed by atoms with Crippen LogP contribution in [-0.4, -0.2) is 14.8 Å². The zero-order chi connectivity index (χ0) is 10.7. The summed E-state index contributed by atoms with van der Waals surface area (Å²) >= 11 is 6.19. The highest BCUT2D eigenvalue weighted by Gasteiger charge is 2.15. The molecule has 0 spiro atoms. The predicted molar refractivity (Wildman–Crippen MR) is 58.9 cm³/mol. The fourth-order valence-corrected chi connectivity index (χ4v) is 1.81. The lowest BCUT2D eigenvalue weighted by molar-refractivity contribution is -0.386.